The standard InChI is InChI=1S/C12H10ClN3O/c1-8-7-9(5-6-14-8)12(17)16-11-4-2-3-10(13)15-11/h2-7H,1H3,(H,15,16,17). The Bertz CT molecular complexity index is 557. The lowest BCUT2D eigenvalue weighted by molar-refractivity contribution is 0.102. The van der Waals surface area contributed by atoms with Crippen molar-refractivity contribution in [2.75, 3.05) is 5.32 Å². The summed E-state index contributed by atoms with van der Waals surface area (Å²) in [5, 5.41) is 3.01. The van der Waals surface area contributed by atoms with E-state index in [1.165, 1.54) is 0 Å². The van der Waals surface area contributed by atoms with Crippen LogP contribution in [0.5, 0.6) is 0 Å². The Kier molecular flexibility index (Phi) is 3.35. The van der Waals surface area contributed by atoms with E-state index in [2.05, 4.69) is 15.3 Å². The lowest BCUT2D eigenvalue weighted by atomic mass is 10.2. The van der Waals surface area contributed by atoms with Crippen molar-refractivity contribution >= 4 is 23.3 Å². The normalized spacial score (nSPS) is 10.0. The first-order valence-corrected chi connectivity index (χ1v) is 5.39. The van der Waals surface area contributed by atoms with Gasteiger partial charge in [0.25, 0.3) is 5.91 Å². The van der Waals surface area contributed by atoms with Gasteiger partial charge in [0.05, 0.1) is 0 Å². The molecule has 0 aliphatic carbocycles. The monoisotopic (exact) mass is 247 g/mol. The molecule has 0 spiro atoms. The first-order chi connectivity index (χ1) is 8.15. The number of nitrogens with zero attached hydrogens (tertiary/aromatic N) is 2. The highest BCUT2D eigenvalue weighted by atomic mass is 35.5. The molecule has 0 radical (unpaired) electrons. The van der Waals surface area contributed by atoms with Gasteiger partial charge in [-0.3, -0.25) is 9.78 Å². The van der Waals surface area contributed by atoms with E-state index in [0.717, 1.165) is 5.69 Å². The van der Waals surface area contributed by atoms with Crippen molar-refractivity contribution < 1.29 is 4.79 Å². The number of hydrogen-bond donors (Lipinski definition) is 1. The van der Waals surface area contributed by atoms with E-state index >= 15 is 0 Å². The topological polar surface area (TPSA) is 54.9 Å². The third-order valence-corrected chi connectivity index (χ3v) is 2.33. The smallest absolute Gasteiger partial charge is 0.256 e. The predicted molar refractivity (Wildman–Crippen MR) is 66.2 cm³/mol. The van der Waals surface area contributed by atoms with Crippen molar-refractivity contribution in [3.05, 3.63) is 52.9 Å². The second-order valence-corrected chi connectivity index (χ2v) is 3.87. The Morgan fingerprint density at radius 1 is 1.35 bits per heavy atom. The molecule has 2 aromatic heterocycles. The number of halogens is 1. The molecule has 0 saturated heterocycles. The summed E-state index contributed by atoms with van der Waals surface area (Å²) in [5.41, 5.74) is 1.33. The van der Waals surface area contributed by atoms with E-state index in [1.807, 2.05) is 6.92 Å². The quantitative estimate of drug-likeness (QED) is 0.830. The van der Waals surface area contributed by atoms with E-state index < -0.39 is 0 Å². The number of carbonyl (C=O) groups is 1. The maximum absolute atomic E-state index is 11.9. The highest BCUT2D eigenvalue weighted by Crippen LogP contribution is 2.11. The van der Waals surface area contributed by atoms with Crippen LogP contribution in [-0.4, -0.2) is 15.9 Å². The number of pyridine rings is 2. The lowest BCUT2D eigenvalue weighted by Crippen LogP contribution is -2.13. The highest BCUT2D eigenvalue weighted by Gasteiger charge is 2.07. The Balaban J connectivity index is 2.17. The maximum atomic E-state index is 11.9. The SMILES string of the molecule is Cc1cc(C(=O)Nc2cccc(Cl)n2)ccn1. The highest BCUT2D eigenvalue weighted by molar-refractivity contribution is 6.29. The predicted octanol–water partition coefficient (Wildman–Crippen LogP) is 2.69. The summed E-state index contributed by atoms with van der Waals surface area (Å²) >= 11 is 5.73. The van der Waals surface area contributed by atoms with Crippen LogP contribution < -0.4 is 5.32 Å². The summed E-state index contributed by atoms with van der Waals surface area (Å²) in [6.45, 7) is 1.83. The molecule has 1 N–H and O–H groups in total. The molecule has 2 aromatic rings. The van der Waals surface area contributed by atoms with E-state index in [9.17, 15) is 4.79 Å². The largest absolute Gasteiger partial charge is 0.307 e. The molecule has 0 aliphatic rings. The zero-order valence-corrected chi connectivity index (χ0v) is 9.90. The fourth-order valence-corrected chi connectivity index (χ4v) is 1.52. The minimum absolute atomic E-state index is 0.231. The van der Waals surface area contributed by atoms with Crippen molar-refractivity contribution in [2.24, 2.45) is 0 Å². The average Bonchev–Trinajstić information content (AvgIpc) is 2.29. The number of amides is 1. The Labute approximate surface area is 104 Å². The summed E-state index contributed by atoms with van der Waals surface area (Å²) in [6, 6.07) is 8.40. The van der Waals surface area contributed by atoms with Crippen LogP contribution >= 0.6 is 11.6 Å². The van der Waals surface area contributed by atoms with Crippen LogP contribution in [0.25, 0.3) is 0 Å². The molecule has 4 nitrogen and oxygen atoms in total. The van der Waals surface area contributed by atoms with E-state index in [4.69, 9.17) is 11.6 Å². The molecule has 5 heteroatoms. The first kappa shape index (κ1) is 11.5. The van der Waals surface area contributed by atoms with Gasteiger partial charge in [-0.15, -0.1) is 0 Å². The molecule has 0 unspecified atom stereocenters. The molecular weight excluding hydrogens is 238 g/mol. The number of carbonyl (C=O) groups excluding carboxylic acids is 1. The number of nitrogens with one attached hydrogen (secondary N) is 1. The lowest BCUT2D eigenvalue weighted by Gasteiger charge is -2.04. The van der Waals surface area contributed by atoms with Crippen molar-refractivity contribution in [2.45, 2.75) is 6.92 Å². The van der Waals surface area contributed by atoms with E-state index in [1.54, 1.807) is 36.5 Å². The Morgan fingerprint density at radius 2 is 2.18 bits per heavy atom. The molecule has 0 bridgehead atoms. The summed E-state index contributed by atoms with van der Waals surface area (Å²) in [5.74, 6) is 0.197. The molecule has 0 aromatic carbocycles. The van der Waals surface area contributed by atoms with Gasteiger partial charge in [0, 0.05) is 17.5 Å². The van der Waals surface area contributed by atoms with Gasteiger partial charge in [0.15, 0.2) is 0 Å². The summed E-state index contributed by atoms with van der Waals surface area (Å²) in [4.78, 5) is 19.9. The Hall–Kier alpha value is -1.94. The second kappa shape index (κ2) is 4.93. The van der Waals surface area contributed by atoms with Crippen molar-refractivity contribution in [1.82, 2.24) is 9.97 Å². The fraction of sp³-hybridized carbons (Fsp3) is 0.0833. The van der Waals surface area contributed by atoms with Crippen LogP contribution in [-0.2, 0) is 0 Å². The van der Waals surface area contributed by atoms with Gasteiger partial charge in [0.2, 0.25) is 0 Å². The van der Waals surface area contributed by atoms with Crippen LogP contribution in [0, 0.1) is 6.92 Å². The van der Waals surface area contributed by atoms with Gasteiger partial charge in [-0.1, -0.05) is 17.7 Å². The third kappa shape index (κ3) is 3.01. The number of aromatic nitrogens is 2. The molecule has 0 aliphatic heterocycles. The van der Waals surface area contributed by atoms with Gasteiger partial charge in [-0.05, 0) is 31.2 Å². The maximum Gasteiger partial charge on any atom is 0.256 e. The second-order valence-electron chi connectivity index (χ2n) is 3.49. The van der Waals surface area contributed by atoms with Gasteiger partial charge in [-0.2, -0.15) is 0 Å². The van der Waals surface area contributed by atoms with Gasteiger partial charge in [0.1, 0.15) is 11.0 Å². The van der Waals surface area contributed by atoms with Gasteiger partial charge >= 0.3 is 0 Å². The molecule has 0 saturated carbocycles. The van der Waals surface area contributed by atoms with Crippen LogP contribution in [0.15, 0.2) is 36.5 Å². The fourth-order valence-electron chi connectivity index (χ4n) is 1.35. The molecule has 2 heterocycles. The number of anilines is 1. The molecule has 2 rings (SSSR count). The molecule has 17 heavy (non-hydrogen) atoms. The molecule has 86 valence electrons. The molecule has 0 fully saturated rings. The average molecular weight is 248 g/mol. The van der Waals surface area contributed by atoms with Crippen LogP contribution in [0.2, 0.25) is 5.15 Å². The molecule has 0 atom stereocenters. The molecular formula is C12H10ClN3O. The van der Waals surface area contributed by atoms with E-state index in [0.29, 0.717) is 16.5 Å². The zero-order valence-electron chi connectivity index (χ0n) is 9.14. The van der Waals surface area contributed by atoms with Crippen molar-refractivity contribution in [3.8, 4) is 0 Å². The minimum atomic E-state index is -0.231. The van der Waals surface area contributed by atoms with Gasteiger partial charge in [-0.25, -0.2) is 4.98 Å². The summed E-state index contributed by atoms with van der Waals surface area (Å²) in [7, 11) is 0. The minimum Gasteiger partial charge on any atom is -0.307 e. The molecule has 1 amide bonds. The number of rotatable bonds is 2. The van der Waals surface area contributed by atoms with Crippen LogP contribution in [0.4, 0.5) is 5.82 Å². The van der Waals surface area contributed by atoms with Crippen molar-refractivity contribution in [1.29, 1.82) is 0 Å². The summed E-state index contributed by atoms with van der Waals surface area (Å²) < 4.78 is 0. The number of hydrogen-bond acceptors (Lipinski definition) is 3. The third-order valence-electron chi connectivity index (χ3n) is 2.12. The first-order valence-electron chi connectivity index (χ1n) is 5.02. The van der Waals surface area contributed by atoms with Crippen LogP contribution in [0.3, 0.4) is 0 Å². The van der Waals surface area contributed by atoms with Crippen LogP contribution in [0.1, 0.15) is 16.1 Å². The van der Waals surface area contributed by atoms with E-state index in [-0.39, 0.29) is 5.91 Å². The zero-order chi connectivity index (χ0) is 12.3. The van der Waals surface area contributed by atoms with Crippen molar-refractivity contribution in [3.63, 3.8) is 0 Å². The van der Waals surface area contributed by atoms with Gasteiger partial charge < -0.3 is 5.32 Å². The summed E-state index contributed by atoms with van der Waals surface area (Å²) in [6.07, 6.45) is 1.59. The number of aryl methyl sites for hydroxylation is 1. The Morgan fingerprint density at radius 3 is 2.88 bits per heavy atom.